The number of esters is 3. The summed E-state index contributed by atoms with van der Waals surface area (Å²) < 4.78 is 16.8. The Balaban J connectivity index is 4.34. The molecule has 0 aliphatic rings. The highest BCUT2D eigenvalue weighted by Crippen LogP contribution is 2.16. The van der Waals surface area contributed by atoms with E-state index in [4.69, 9.17) is 14.2 Å². The molecule has 0 aliphatic carbocycles. The highest BCUT2D eigenvalue weighted by molar-refractivity contribution is 5.71. The first-order valence-electron chi connectivity index (χ1n) is 29.1. The summed E-state index contributed by atoms with van der Waals surface area (Å²) in [6.07, 6.45) is 74.4. The molecule has 69 heavy (non-hydrogen) atoms. The van der Waals surface area contributed by atoms with Gasteiger partial charge in [0, 0.05) is 19.3 Å². The smallest absolute Gasteiger partial charge is 0.306 e. The van der Waals surface area contributed by atoms with Crippen molar-refractivity contribution >= 4 is 17.9 Å². The fourth-order valence-corrected chi connectivity index (χ4v) is 8.04. The molecular formula is C63H108O6. The summed E-state index contributed by atoms with van der Waals surface area (Å²) in [7, 11) is 0. The van der Waals surface area contributed by atoms with Crippen LogP contribution in [0.3, 0.4) is 0 Å². The van der Waals surface area contributed by atoms with Gasteiger partial charge < -0.3 is 14.2 Å². The van der Waals surface area contributed by atoms with Crippen LogP contribution in [0.25, 0.3) is 0 Å². The predicted octanol–water partition coefficient (Wildman–Crippen LogP) is 19.5. The molecule has 0 N–H and O–H groups in total. The summed E-state index contributed by atoms with van der Waals surface area (Å²) in [5, 5.41) is 0. The SMILES string of the molecule is CC/C=C\C/C=C\C/C=C\C/C=C\C/C=C\C/C=C\CCCCCCC(=O)OCC(COC(=O)CCCCCCC/C=C\CCC)OC(=O)CCCCCCCCCCCCCCCCCCCC. The minimum Gasteiger partial charge on any atom is -0.462 e. The monoisotopic (exact) mass is 961 g/mol. The van der Waals surface area contributed by atoms with Gasteiger partial charge in [0.05, 0.1) is 0 Å². The topological polar surface area (TPSA) is 78.9 Å². The first kappa shape index (κ1) is 65.6. The second-order valence-corrected chi connectivity index (χ2v) is 19.2. The van der Waals surface area contributed by atoms with E-state index in [0.29, 0.717) is 19.3 Å². The van der Waals surface area contributed by atoms with Crippen molar-refractivity contribution in [2.75, 3.05) is 13.2 Å². The van der Waals surface area contributed by atoms with E-state index in [0.717, 1.165) is 122 Å². The van der Waals surface area contributed by atoms with Crippen LogP contribution in [0, 0.1) is 0 Å². The normalized spacial score (nSPS) is 12.7. The number of allylic oxidation sites excluding steroid dienone is 14. The van der Waals surface area contributed by atoms with Crippen LogP contribution in [0.4, 0.5) is 0 Å². The van der Waals surface area contributed by atoms with E-state index in [1.165, 1.54) is 116 Å². The zero-order chi connectivity index (χ0) is 50.0. The summed E-state index contributed by atoms with van der Waals surface area (Å²) in [5.41, 5.74) is 0. The Kier molecular flexibility index (Phi) is 54.3. The Labute approximate surface area is 426 Å². The largest absolute Gasteiger partial charge is 0.462 e. The highest BCUT2D eigenvalue weighted by Gasteiger charge is 2.19. The van der Waals surface area contributed by atoms with Crippen molar-refractivity contribution < 1.29 is 28.6 Å². The van der Waals surface area contributed by atoms with Gasteiger partial charge in [0.25, 0.3) is 0 Å². The summed E-state index contributed by atoms with van der Waals surface area (Å²) in [6, 6.07) is 0. The maximum atomic E-state index is 12.8. The first-order chi connectivity index (χ1) is 34.0. The standard InChI is InChI=1S/C63H108O6/c1-4-7-10-13-16-19-22-24-26-28-30-31-32-33-34-36-37-39-41-44-47-50-53-56-62(65)68-59-60(58-67-61(64)55-52-49-46-43-21-18-15-12-9-6-3)69-63(66)57-54-51-48-45-42-40-38-35-29-27-25-23-20-17-14-11-8-5-2/h7,10,12,15-16,19,24,26,30-31,33-34,37,39,60H,4-6,8-9,11,13-14,17-18,20-23,25,27-29,32,35-36,38,40-59H2,1-3H3/b10-7-,15-12-,19-16-,26-24-,31-30-,34-33-,39-37-. The Morgan fingerprint density at radius 3 is 0.957 bits per heavy atom. The van der Waals surface area contributed by atoms with Crippen LogP contribution in [0.15, 0.2) is 85.1 Å². The van der Waals surface area contributed by atoms with E-state index in [1.54, 1.807) is 0 Å². The van der Waals surface area contributed by atoms with Gasteiger partial charge in [0.15, 0.2) is 6.10 Å². The fourth-order valence-electron chi connectivity index (χ4n) is 8.04. The molecule has 0 aromatic heterocycles. The third-order valence-electron chi connectivity index (χ3n) is 12.4. The molecule has 6 nitrogen and oxygen atoms in total. The molecule has 6 heteroatoms. The lowest BCUT2D eigenvalue weighted by Crippen LogP contribution is -2.30. The molecule has 0 spiro atoms. The van der Waals surface area contributed by atoms with Crippen LogP contribution >= 0.6 is 0 Å². The molecule has 0 saturated carbocycles. The molecule has 0 aromatic rings. The minimum atomic E-state index is -0.789. The number of carbonyl (C=O) groups excluding carboxylic acids is 3. The maximum absolute atomic E-state index is 12.8. The third kappa shape index (κ3) is 55.4. The molecule has 396 valence electrons. The lowest BCUT2D eigenvalue weighted by atomic mass is 10.0. The van der Waals surface area contributed by atoms with Crippen LogP contribution in [-0.4, -0.2) is 37.2 Å². The average molecular weight is 962 g/mol. The quantitative estimate of drug-likeness (QED) is 0.0262. The van der Waals surface area contributed by atoms with Crippen molar-refractivity contribution in [2.24, 2.45) is 0 Å². The molecule has 1 atom stereocenters. The van der Waals surface area contributed by atoms with E-state index < -0.39 is 6.10 Å². The zero-order valence-corrected chi connectivity index (χ0v) is 45.3. The summed E-state index contributed by atoms with van der Waals surface area (Å²) in [6.45, 7) is 6.45. The van der Waals surface area contributed by atoms with Crippen LogP contribution in [-0.2, 0) is 28.6 Å². The molecule has 0 bridgehead atoms. The summed E-state index contributed by atoms with van der Waals surface area (Å²) in [4.78, 5) is 38.1. The fraction of sp³-hybridized carbons (Fsp3) is 0.730. The Hall–Kier alpha value is -3.41. The molecule has 0 rings (SSSR count). The minimum absolute atomic E-state index is 0.0876. The van der Waals surface area contributed by atoms with Gasteiger partial charge in [-0.15, -0.1) is 0 Å². The van der Waals surface area contributed by atoms with Gasteiger partial charge in [-0.2, -0.15) is 0 Å². The molecular weight excluding hydrogens is 853 g/mol. The molecule has 0 fully saturated rings. The summed E-state index contributed by atoms with van der Waals surface area (Å²) in [5.74, 6) is -0.916. The number of hydrogen-bond acceptors (Lipinski definition) is 6. The van der Waals surface area contributed by atoms with Gasteiger partial charge in [-0.25, -0.2) is 0 Å². The van der Waals surface area contributed by atoms with Crippen molar-refractivity contribution in [3.8, 4) is 0 Å². The second-order valence-electron chi connectivity index (χ2n) is 19.2. The van der Waals surface area contributed by atoms with Gasteiger partial charge in [0.2, 0.25) is 0 Å². The van der Waals surface area contributed by atoms with Gasteiger partial charge >= 0.3 is 17.9 Å². The van der Waals surface area contributed by atoms with Gasteiger partial charge in [-0.3, -0.25) is 14.4 Å². The number of ether oxygens (including phenoxy) is 3. The lowest BCUT2D eigenvalue weighted by Gasteiger charge is -2.18. The van der Waals surface area contributed by atoms with Gasteiger partial charge in [-0.05, 0) is 89.9 Å². The molecule has 0 saturated heterocycles. The van der Waals surface area contributed by atoms with Crippen LogP contribution in [0.5, 0.6) is 0 Å². The van der Waals surface area contributed by atoms with Crippen molar-refractivity contribution in [1.82, 2.24) is 0 Å². The van der Waals surface area contributed by atoms with Crippen molar-refractivity contribution in [3.63, 3.8) is 0 Å². The highest BCUT2D eigenvalue weighted by atomic mass is 16.6. The average Bonchev–Trinajstić information content (AvgIpc) is 3.35. The molecule has 0 aliphatic heterocycles. The first-order valence-corrected chi connectivity index (χ1v) is 29.1. The Morgan fingerprint density at radius 1 is 0.304 bits per heavy atom. The van der Waals surface area contributed by atoms with Crippen molar-refractivity contribution in [2.45, 2.75) is 284 Å². The summed E-state index contributed by atoms with van der Waals surface area (Å²) >= 11 is 0. The van der Waals surface area contributed by atoms with E-state index in [1.807, 2.05) is 0 Å². The molecule has 0 aromatic carbocycles. The van der Waals surface area contributed by atoms with Crippen molar-refractivity contribution in [1.29, 1.82) is 0 Å². The van der Waals surface area contributed by atoms with E-state index in [2.05, 4.69) is 106 Å². The number of rotatable bonds is 52. The zero-order valence-electron chi connectivity index (χ0n) is 45.3. The van der Waals surface area contributed by atoms with Gasteiger partial charge in [-0.1, -0.05) is 254 Å². The molecule has 0 radical (unpaired) electrons. The van der Waals surface area contributed by atoms with E-state index in [-0.39, 0.29) is 31.1 Å². The number of unbranched alkanes of at least 4 members (excludes halogenated alkanes) is 27. The molecule has 0 amide bonds. The maximum Gasteiger partial charge on any atom is 0.306 e. The Morgan fingerprint density at radius 2 is 0.594 bits per heavy atom. The number of hydrogen-bond donors (Lipinski definition) is 0. The van der Waals surface area contributed by atoms with E-state index in [9.17, 15) is 14.4 Å². The third-order valence-corrected chi connectivity index (χ3v) is 12.4. The predicted molar refractivity (Wildman–Crippen MR) is 297 cm³/mol. The molecule has 0 heterocycles. The van der Waals surface area contributed by atoms with Crippen molar-refractivity contribution in [3.05, 3.63) is 85.1 Å². The van der Waals surface area contributed by atoms with Crippen LogP contribution in [0.1, 0.15) is 278 Å². The lowest BCUT2D eigenvalue weighted by molar-refractivity contribution is -0.167. The van der Waals surface area contributed by atoms with Crippen LogP contribution in [0.2, 0.25) is 0 Å². The second kappa shape index (κ2) is 57.2. The molecule has 1 unspecified atom stereocenters. The number of carbonyl (C=O) groups is 3. The van der Waals surface area contributed by atoms with Gasteiger partial charge in [0.1, 0.15) is 13.2 Å². The van der Waals surface area contributed by atoms with E-state index >= 15 is 0 Å². The Bertz CT molecular complexity index is 1330. The van der Waals surface area contributed by atoms with Crippen LogP contribution < -0.4 is 0 Å².